The Balaban J connectivity index is 1.63. The molecule has 1 aromatic rings. The van der Waals surface area contributed by atoms with Gasteiger partial charge in [-0.05, 0) is 44.2 Å². The van der Waals surface area contributed by atoms with Crippen LogP contribution in [-0.2, 0) is 0 Å². The van der Waals surface area contributed by atoms with Crippen molar-refractivity contribution in [3.8, 4) is 5.75 Å². The molecule has 0 amide bonds. The van der Waals surface area contributed by atoms with E-state index in [1.807, 2.05) is 0 Å². The van der Waals surface area contributed by atoms with Crippen LogP contribution in [0.25, 0.3) is 0 Å². The largest absolute Gasteiger partial charge is 0.492 e. The first-order valence-electron chi connectivity index (χ1n) is 7.96. The summed E-state index contributed by atoms with van der Waals surface area (Å²) in [4.78, 5) is 4.88. The second-order valence-corrected chi connectivity index (χ2v) is 6.07. The van der Waals surface area contributed by atoms with Crippen molar-refractivity contribution in [2.75, 3.05) is 59.5 Å². The third-order valence-corrected chi connectivity index (χ3v) is 3.94. The molecular weight excluding hydrogens is 262 g/mol. The minimum absolute atomic E-state index is 0.751. The average molecular weight is 291 g/mol. The van der Waals surface area contributed by atoms with Gasteiger partial charge in [-0.1, -0.05) is 6.07 Å². The van der Waals surface area contributed by atoms with Crippen LogP contribution in [0.3, 0.4) is 0 Å². The zero-order chi connectivity index (χ0) is 15.1. The first kappa shape index (κ1) is 16.3. The molecule has 0 radical (unpaired) electrons. The van der Waals surface area contributed by atoms with E-state index in [-0.39, 0.29) is 0 Å². The lowest BCUT2D eigenvalue weighted by molar-refractivity contribution is 0.186. The summed E-state index contributed by atoms with van der Waals surface area (Å²) in [5, 5.41) is 3.39. The highest BCUT2D eigenvalue weighted by Gasteiger charge is 2.09. The van der Waals surface area contributed by atoms with Gasteiger partial charge in [-0.3, -0.25) is 4.90 Å². The molecule has 118 valence electrons. The fraction of sp³-hybridized carbons (Fsp3) is 0.647. The Hall–Kier alpha value is -1.10. The van der Waals surface area contributed by atoms with Crippen molar-refractivity contribution in [3.63, 3.8) is 0 Å². The predicted octanol–water partition coefficient (Wildman–Crippen LogP) is 1.52. The van der Waals surface area contributed by atoms with Crippen LogP contribution in [0.15, 0.2) is 18.2 Å². The van der Waals surface area contributed by atoms with E-state index in [1.54, 1.807) is 0 Å². The number of nitrogens with zero attached hydrogens (tertiary/aromatic N) is 2. The summed E-state index contributed by atoms with van der Waals surface area (Å²) in [6.07, 6.45) is 0. The Kier molecular flexibility index (Phi) is 6.49. The minimum Gasteiger partial charge on any atom is -0.492 e. The molecule has 0 unspecified atom stereocenters. The number of nitrogens with one attached hydrogen (secondary N) is 1. The number of hydrogen-bond donors (Lipinski definition) is 1. The summed E-state index contributed by atoms with van der Waals surface area (Å²) >= 11 is 0. The highest BCUT2D eigenvalue weighted by atomic mass is 16.5. The fourth-order valence-electron chi connectivity index (χ4n) is 2.69. The number of benzene rings is 1. The van der Waals surface area contributed by atoms with Gasteiger partial charge in [0, 0.05) is 45.8 Å². The molecule has 0 aliphatic carbocycles. The zero-order valence-electron chi connectivity index (χ0n) is 13.7. The summed E-state index contributed by atoms with van der Waals surface area (Å²) in [6.45, 7) is 12.8. The van der Waals surface area contributed by atoms with Crippen LogP contribution >= 0.6 is 0 Å². The van der Waals surface area contributed by atoms with E-state index >= 15 is 0 Å². The fourth-order valence-corrected chi connectivity index (χ4v) is 2.69. The average Bonchev–Trinajstić information content (AvgIpc) is 2.45. The number of likely N-dealkylation sites (N-methyl/N-ethyl adjacent to an activating group) is 1. The molecule has 1 aliphatic heterocycles. The molecule has 0 aromatic heterocycles. The van der Waals surface area contributed by atoms with Gasteiger partial charge in [0.05, 0.1) is 0 Å². The molecule has 1 fully saturated rings. The van der Waals surface area contributed by atoms with Crippen LogP contribution in [0, 0.1) is 13.8 Å². The Morgan fingerprint density at radius 3 is 2.43 bits per heavy atom. The summed E-state index contributed by atoms with van der Waals surface area (Å²) in [6, 6.07) is 6.38. The van der Waals surface area contributed by atoms with Crippen LogP contribution in [0.2, 0.25) is 0 Å². The second-order valence-electron chi connectivity index (χ2n) is 6.07. The van der Waals surface area contributed by atoms with Crippen LogP contribution in [0.4, 0.5) is 0 Å². The van der Waals surface area contributed by atoms with Gasteiger partial charge >= 0.3 is 0 Å². The smallest absolute Gasteiger partial charge is 0.119 e. The van der Waals surface area contributed by atoms with E-state index in [0.717, 1.165) is 45.1 Å². The van der Waals surface area contributed by atoms with Gasteiger partial charge in [0.1, 0.15) is 12.4 Å². The monoisotopic (exact) mass is 291 g/mol. The van der Waals surface area contributed by atoms with Gasteiger partial charge in [-0.15, -0.1) is 0 Å². The van der Waals surface area contributed by atoms with Crippen molar-refractivity contribution in [1.29, 1.82) is 0 Å². The summed E-state index contributed by atoms with van der Waals surface area (Å²) in [5.41, 5.74) is 2.52. The van der Waals surface area contributed by atoms with E-state index in [9.17, 15) is 0 Å². The highest BCUT2D eigenvalue weighted by molar-refractivity contribution is 5.32. The maximum Gasteiger partial charge on any atom is 0.119 e. The Bertz CT molecular complexity index is 410. The molecule has 4 nitrogen and oxygen atoms in total. The maximum absolute atomic E-state index is 5.86. The van der Waals surface area contributed by atoms with Crippen molar-refractivity contribution in [1.82, 2.24) is 15.1 Å². The summed E-state index contributed by atoms with van der Waals surface area (Å²) in [5.74, 6) is 0.989. The van der Waals surface area contributed by atoms with Crippen molar-refractivity contribution in [2.45, 2.75) is 13.8 Å². The highest BCUT2D eigenvalue weighted by Crippen LogP contribution is 2.15. The normalized spacial score (nSPS) is 16.4. The third-order valence-electron chi connectivity index (χ3n) is 3.94. The van der Waals surface area contributed by atoms with E-state index < -0.39 is 0 Å². The second kappa shape index (κ2) is 8.37. The van der Waals surface area contributed by atoms with E-state index in [4.69, 9.17) is 4.74 Å². The first-order chi connectivity index (χ1) is 10.1. The van der Waals surface area contributed by atoms with Gasteiger partial charge in [-0.2, -0.15) is 0 Å². The van der Waals surface area contributed by atoms with Crippen molar-refractivity contribution in [2.24, 2.45) is 0 Å². The Labute approximate surface area is 129 Å². The Morgan fingerprint density at radius 1 is 1.10 bits per heavy atom. The van der Waals surface area contributed by atoms with Gasteiger partial charge in [0.2, 0.25) is 0 Å². The molecule has 1 aromatic carbocycles. The predicted molar refractivity (Wildman–Crippen MR) is 88.2 cm³/mol. The van der Waals surface area contributed by atoms with Crippen molar-refractivity contribution in [3.05, 3.63) is 29.3 Å². The van der Waals surface area contributed by atoms with Gasteiger partial charge < -0.3 is 15.0 Å². The molecule has 1 saturated heterocycles. The lowest BCUT2D eigenvalue weighted by atomic mass is 10.1. The lowest BCUT2D eigenvalue weighted by Crippen LogP contribution is -2.46. The number of hydrogen-bond acceptors (Lipinski definition) is 4. The SMILES string of the molecule is Cc1cc(C)cc(OCCN(C)CCN2CCNCC2)c1. The van der Waals surface area contributed by atoms with Gasteiger partial charge in [0.15, 0.2) is 0 Å². The topological polar surface area (TPSA) is 27.7 Å². The van der Waals surface area contributed by atoms with Crippen molar-refractivity contribution < 1.29 is 4.74 Å². The molecule has 21 heavy (non-hydrogen) atoms. The zero-order valence-corrected chi connectivity index (χ0v) is 13.7. The lowest BCUT2D eigenvalue weighted by Gasteiger charge is -2.29. The number of aryl methyl sites for hydroxylation is 2. The van der Waals surface area contributed by atoms with Crippen LogP contribution in [0.1, 0.15) is 11.1 Å². The molecule has 1 aliphatic rings. The molecule has 1 N–H and O–H groups in total. The number of ether oxygens (including phenoxy) is 1. The van der Waals surface area contributed by atoms with Crippen LogP contribution < -0.4 is 10.1 Å². The summed E-state index contributed by atoms with van der Waals surface area (Å²) < 4.78 is 5.86. The minimum atomic E-state index is 0.751. The number of rotatable bonds is 7. The molecule has 1 heterocycles. The first-order valence-corrected chi connectivity index (χ1v) is 7.96. The maximum atomic E-state index is 5.86. The molecule has 4 heteroatoms. The van der Waals surface area contributed by atoms with E-state index in [0.29, 0.717) is 0 Å². The molecule has 0 saturated carbocycles. The van der Waals surface area contributed by atoms with E-state index in [2.05, 4.69) is 54.2 Å². The third kappa shape index (κ3) is 6.04. The van der Waals surface area contributed by atoms with Gasteiger partial charge in [0.25, 0.3) is 0 Å². The van der Waals surface area contributed by atoms with Crippen LogP contribution in [0.5, 0.6) is 5.75 Å². The molecule has 0 spiro atoms. The molecular formula is C17H29N3O. The Morgan fingerprint density at radius 2 is 1.76 bits per heavy atom. The van der Waals surface area contributed by atoms with E-state index in [1.165, 1.54) is 24.2 Å². The summed E-state index contributed by atoms with van der Waals surface area (Å²) in [7, 11) is 2.17. The van der Waals surface area contributed by atoms with Crippen LogP contribution in [-0.4, -0.2) is 69.3 Å². The quantitative estimate of drug-likeness (QED) is 0.824. The molecule has 0 atom stereocenters. The molecule has 0 bridgehead atoms. The standard InChI is InChI=1S/C17H29N3O/c1-15-12-16(2)14-17(13-15)21-11-10-19(3)8-9-20-6-4-18-5-7-20/h12-14,18H,4-11H2,1-3H3. The van der Waals surface area contributed by atoms with Gasteiger partial charge in [-0.25, -0.2) is 0 Å². The number of piperazine rings is 1. The molecule has 2 rings (SSSR count). The van der Waals surface area contributed by atoms with Crippen molar-refractivity contribution >= 4 is 0 Å².